The summed E-state index contributed by atoms with van der Waals surface area (Å²) in [6.07, 6.45) is 4.12. The molecule has 1 heterocycles. The Hall–Kier alpha value is -0.610. The van der Waals surface area contributed by atoms with Crippen molar-refractivity contribution in [1.82, 2.24) is 10.6 Å². The van der Waals surface area contributed by atoms with Gasteiger partial charge in [0.05, 0.1) is 6.10 Å². The minimum Gasteiger partial charge on any atom is -0.392 e. The fourth-order valence-electron chi connectivity index (χ4n) is 1.89. The second-order valence-electron chi connectivity index (χ2n) is 4.24. The summed E-state index contributed by atoms with van der Waals surface area (Å²) in [7, 11) is 0. The highest BCUT2D eigenvalue weighted by atomic mass is 16.3. The second kappa shape index (κ2) is 6.80. The zero-order chi connectivity index (χ0) is 11.1. The molecule has 0 aromatic heterocycles. The maximum atomic E-state index is 11.3. The fourth-order valence-corrected chi connectivity index (χ4v) is 1.89. The predicted octanol–water partition coefficient (Wildman–Crippen LogP) is 0.406. The average Bonchev–Trinajstić information content (AvgIpc) is 2.40. The molecule has 1 amide bonds. The number of rotatable bonds is 5. The molecule has 0 saturated carbocycles. The Balaban J connectivity index is 2.21. The number of carbonyl (C=O) groups excluding carboxylic acids is 1. The van der Waals surface area contributed by atoms with Crippen LogP contribution in [0.1, 0.15) is 39.0 Å². The Bertz CT molecular complexity index is 197. The summed E-state index contributed by atoms with van der Waals surface area (Å²) in [5.41, 5.74) is 0. The van der Waals surface area contributed by atoms with Crippen LogP contribution in [-0.4, -0.2) is 36.2 Å². The van der Waals surface area contributed by atoms with Crippen molar-refractivity contribution in [2.24, 2.45) is 0 Å². The number of carbonyl (C=O) groups is 1. The van der Waals surface area contributed by atoms with Crippen LogP contribution < -0.4 is 10.6 Å². The number of aliphatic hydroxyl groups is 1. The molecule has 1 aliphatic rings. The number of aliphatic hydroxyl groups excluding tert-OH is 1. The highest BCUT2D eigenvalue weighted by molar-refractivity contribution is 5.76. The van der Waals surface area contributed by atoms with Gasteiger partial charge in [0.2, 0.25) is 5.91 Å². The summed E-state index contributed by atoms with van der Waals surface area (Å²) in [5.74, 6) is 0.120. The minimum absolute atomic E-state index is 0.120. The topological polar surface area (TPSA) is 61.4 Å². The summed E-state index contributed by atoms with van der Waals surface area (Å²) >= 11 is 0. The lowest BCUT2D eigenvalue weighted by atomic mass is 10.1. The Kier molecular flexibility index (Phi) is 5.65. The van der Waals surface area contributed by atoms with Crippen molar-refractivity contribution < 1.29 is 9.90 Å². The van der Waals surface area contributed by atoms with E-state index in [4.69, 9.17) is 0 Å². The van der Waals surface area contributed by atoms with Crippen molar-refractivity contribution in [1.29, 1.82) is 0 Å². The lowest BCUT2D eigenvalue weighted by Gasteiger charge is -2.17. The highest BCUT2D eigenvalue weighted by Crippen LogP contribution is 2.06. The zero-order valence-corrected chi connectivity index (χ0v) is 9.46. The van der Waals surface area contributed by atoms with E-state index >= 15 is 0 Å². The van der Waals surface area contributed by atoms with Gasteiger partial charge in [-0.25, -0.2) is 0 Å². The molecule has 3 N–H and O–H groups in total. The van der Waals surface area contributed by atoms with Crippen LogP contribution in [-0.2, 0) is 4.79 Å². The lowest BCUT2D eigenvalue weighted by Crippen LogP contribution is -2.37. The third-order valence-corrected chi connectivity index (χ3v) is 2.75. The largest absolute Gasteiger partial charge is 0.392 e. The van der Waals surface area contributed by atoms with Gasteiger partial charge in [0.1, 0.15) is 0 Å². The van der Waals surface area contributed by atoms with Crippen LogP contribution in [0.15, 0.2) is 0 Å². The number of nitrogens with one attached hydrogen (secondary N) is 2. The van der Waals surface area contributed by atoms with Gasteiger partial charge in [-0.2, -0.15) is 0 Å². The van der Waals surface area contributed by atoms with Crippen LogP contribution in [0.3, 0.4) is 0 Å². The lowest BCUT2D eigenvalue weighted by molar-refractivity contribution is -0.121. The molecule has 4 heteroatoms. The predicted molar refractivity (Wildman–Crippen MR) is 59.6 cm³/mol. The molecule has 0 aromatic carbocycles. The normalized spacial score (nSPS) is 24.4. The Morgan fingerprint density at radius 1 is 1.67 bits per heavy atom. The Labute approximate surface area is 91.4 Å². The van der Waals surface area contributed by atoms with Crippen molar-refractivity contribution in [3.63, 3.8) is 0 Å². The van der Waals surface area contributed by atoms with E-state index in [-0.39, 0.29) is 18.1 Å². The van der Waals surface area contributed by atoms with E-state index in [1.807, 2.05) is 0 Å². The molecule has 1 aliphatic heterocycles. The first-order valence-corrected chi connectivity index (χ1v) is 5.90. The zero-order valence-electron chi connectivity index (χ0n) is 9.46. The first kappa shape index (κ1) is 12.5. The molecule has 88 valence electrons. The van der Waals surface area contributed by atoms with Crippen molar-refractivity contribution >= 4 is 5.91 Å². The summed E-state index contributed by atoms with van der Waals surface area (Å²) < 4.78 is 0. The second-order valence-corrected chi connectivity index (χ2v) is 4.24. The molecule has 1 saturated heterocycles. The molecular weight excluding hydrogens is 192 g/mol. The molecule has 0 spiro atoms. The molecule has 2 unspecified atom stereocenters. The van der Waals surface area contributed by atoms with Gasteiger partial charge in [0.15, 0.2) is 0 Å². The number of amides is 1. The van der Waals surface area contributed by atoms with Gasteiger partial charge in [-0.3, -0.25) is 4.79 Å². The standard InChI is InChI=1S/C11H22N2O2/c1-2-4-10(14)8-13-9-5-3-6-12-11(15)7-9/h9-10,13-14H,2-8H2,1H3,(H,12,15). The molecule has 2 atom stereocenters. The third-order valence-electron chi connectivity index (χ3n) is 2.75. The van der Waals surface area contributed by atoms with E-state index in [2.05, 4.69) is 17.6 Å². The first-order valence-electron chi connectivity index (χ1n) is 5.90. The Morgan fingerprint density at radius 2 is 2.47 bits per heavy atom. The first-order chi connectivity index (χ1) is 7.22. The van der Waals surface area contributed by atoms with Crippen molar-refractivity contribution in [2.45, 2.75) is 51.2 Å². The molecule has 0 aliphatic carbocycles. The van der Waals surface area contributed by atoms with E-state index in [1.165, 1.54) is 0 Å². The number of hydrogen-bond acceptors (Lipinski definition) is 3. The average molecular weight is 214 g/mol. The maximum Gasteiger partial charge on any atom is 0.221 e. The highest BCUT2D eigenvalue weighted by Gasteiger charge is 2.17. The van der Waals surface area contributed by atoms with Gasteiger partial charge >= 0.3 is 0 Å². The van der Waals surface area contributed by atoms with Gasteiger partial charge in [0.25, 0.3) is 0 Å². The molecule has 4 nitrogen and oxygen atoms in total. The van der Waals surface area contributed by atoms with Crippen LogP contribution in [0.5, 0.6) is 0 Å². The van der Waals surface area contributed by atoms with Crippen LogP contribution >= 0.6 is 0 Å². The van der Waals surface area contributed by atoms with E-state index in [9.17, 15) is 9.90 Å². The fraction of sp³-hybridized carbons (Fsp3) is 0.909. The van der Waals surface area contributed by atoms with Crippen LogP contribution in [0.4, 0.5) is 0 Å². The number of hydrogen-bond donors (Lipinski definition) is 3. The summed E-state index contributed by atoms with van der Waals surface area (Å²) in [5, 5.41) is 15.7. The molecule has 1 fully saturated rings. The third kappa shape index (κ3) is 5.14. The maximum absolute atomic E-state index is 11.3. The minimum atomic E-state index is -0.277. The van der Waals surface area contributed by atoms with Crippen molar-refractivity contribution in [3.05, 3.63) is 0 Å². The molecule has 0 bridgehead atoms. The van der Waals surface area contributed by atoms with E-state index < -0.39 is 0 Å². The quantitative estimate of drug-likeness (QED) is 0.621. The molecule has 0 aromatic rings. The van der Waals surface area contributed by atoms with E-state index in [1.54, 1.807) is 0 Å². The smallest absolute Gasteiger partial charge is 0.221 e. The van der Waals surface area contributed by atoms with Gasteiger partial charge in [0, 0.05) is 25.6 Å². The van der Waals surface area contributed by atoms with Crippen LogP contribution in [0, 0.1) is 0 Å². The summed E-state index contributed by atoms with van der Waals surface area (Å²) in [6, 6.07) is 0.235. The molecule has 1 rings (SSSR count). The van der Waals surface area contributed by atoms with Crippen LogP contribution in [0.2, 0.25) is 0 Å². The van der Waals surface area contributed by atoms with Crippen molar-refractivity contribution in [3.8, 4) is 0 Å². The molecular formula is C11H22N2O2. The van der Waals surface area contributed by atoms with E-state index in [0.717, 1.165) is 32.2 Å². The molecule has 15 heavy (non-hydrogen) atoms. The SMILES string of the molecule is CCCC(O)CNC1CCCNC(=O)C1. The van der Waals surface area contributed by atoms with Gasteiger partial charge in [-0.05, 0) is 19.3 Å². The monoisotopic (exact) mass is 214 g/mol. The van der Waals surface area contributed by atoms with Crippen molar-refractivity contribution in [2.75, 3.05) is 13.1 Å². The summed E-state index contributed by atoms with van der Waals surface area (Å²) in [4.78, 5) is 11.3. The Morgan fingerprint density at radius 3 is 3.20 bits per heavy atom. The van der Waals surface area contributed by atoms with Gasteiger partial charge in [-0.15, -0.1) is 0 Å². The molecule has 0 radical (unpaired) electrons. The van der Waals surface area contributed by atoms with Gasteiger partial charge < -0.3 is 15.7 Å². The van der Waals surface area contributed by atoms with Crippen LogP contribution in [0.25, 0.3) is 0 Å². The van der Waals surface area contributed by atoms with E-state index in [0.29, 0.717) is 13.0 Å². The summed E-state index contributed by atoms with van der Waals surface area (Å²) in [6.45, 7) is 3.45. The van der Waals surface area contributed by atoms with Gasteiger partial charge in [-0.1, -0.05) is 13.3 Å².